The second-order valence-electron chi connectivity index (χ2n) is 4.11. The molecule has 1 heterocycles. The highest BCUT2D eigenvalue weighted by Gasteiger charge is 2.49. The Balaban J connectivity index is 2.33. The van der Waals surface area contributed by atoms with Crippen molar-refractivity contribution in [1.82, 2.24) is 4.98 Å². The highest BCUT2D eigenvalue weighted by molar-refractivity contribution is 7.12. The first-order valence-electron chi connectivity index (χ1n) is 5.61. The summed E-state index contributed by atoms with van der Waals surface area (Å²) < 4.78 is 18.9. The van der Waals surface area contributed by atoms with E-state index in [0.29, 0.717) is 17.8 Å². The molecule has 0 bridgehead atoms. The first kappa shape index (κ1) is 12.9. The maximum Gasteiger partial charge on any atom is 0.358 e. The van der Waals surface area contributed by atoms with E-state index in [2.05, 4.69) is 4.98 Å². The maximum absolute atomic E-state index is 14.1. The van der Waals surface area contributed by atoms with Gasteiger partial charge in [0.25, 0.3) is 0 Å². The van der Waals surface area contributed by atoms with Crippen molar-refractivity contribution in [3.05, 3.63) is 15.6 Å². The molecule has 1 fully saturated rings. The van der Waals surface area contributed by atoms with Crippen LogP contribution in [-0.2, 0) is 21.6 Å². The molecule has 1 aliphatic rings. The van der Waals surface area contributed by atoms with Crippen LogP contribution in [0.4, 0.5) is 4.39 Å². The molecule has 1 aromatic heterocycles. The zero-order valence-electron chi connectivity index (χ0n) is 9.86. The lowest BCUT2D eigenvalue weighted by molar-refractivity contribution is -0.117. The Labute approximate surface area is 107 Å². The van der Waals surface area contributed by atoms with Gasteiger partial charge in [0.05, 0.1) is 17.9 Å². The van der Waals surface area contributed by atoms with Crippen LogP contribution in [0.1, 0.15) is 40.1 Å². The van der Waals surface area contributed by atoms with Crippen LogP contribution in [0.25, 0.3) is 0 Å². The zero-order valence-corrected chi connectivity index (χ0v) is 10.7. The summed E-state index contributed by atoms with van der Waals surface area (Å²) >= 11 is 1.02. The summed E-state index contributed by atoms with van der Waals surface area (Å²) in [7, 11) is 0. The van der Waals surface area contributed by atoms with Crippen LogP contribution < -0.4 is 5.73 Å². The molecule has 1 aromatic rings. The van der Waals surface area contributed by atoms with Crippen molar-refractivity contribution < 1.29 is 18.7 Å². The lowest BCUT2D eigenvalue weighted by atomic mass is 10.2. The van der Waals surface area contributed by atoms with Crippen LogP contribution in [0.15, 0.2) is 0 Å². The summed E-state index contributed by atoms with van der Waals surface area (Å²) in [6, 6.07) is 0. The fraction of sp³-hybridized carbons (Fsp3) is 0.545. The van der Waals surface area contributed by atoms with Crippen LogP contribution in [0.5, 0.6) is 0 Å². The van der Waals surface area contributed by atoms with Gasteiger partial charge in [-0.3, -0.25) is 4.79 Å². The second-order valence-corrected chi connectivity index (χ2v) is 5.20. The lowest BCUT2D eigenvalue weighted by Gasteiger charge is -2.04. The summed E-state index contributed by atoms with van der Waals surface area (Å²) in [5, 5.41) is 0.351. The number of ether oxygens (including phenoxy) is 1. The van der Waals surface area contributed by atoms with E-state index < -0.39 is 17.5 Å². The van der Waals surface area contributed by atoms with Crippen LogP contribution in [0.2, 0.25) is 0 Å². The fourth-order valence-corrected chi connectivity index (χ4v) is 2.77. The molecule has 2 N–H and O–H groups in total. The molecular weight excluding hydrogens is 259 g/mol. The number of hydrogen-bond donors (Lipinski definition) is 1. The number of esters is 1. The number of carbonyl (C=O) groups excluding carboxylic acids is 2. The summed E-state index contributed by atoms with van der Waals surface area (Å²) in [5.41, 5.74) is 3.57. The van der Waals surface area contributed by atoms with E-state index >= 15 is 0 Å². The van der Waals surface area contributed by atoms with E-state index in [0.717, 1.165) is 11.3 Å². The number of nitrogens with zero attached hydrogens (tertiary/aromatic N) is 1. The fourth-order valence-electron chi connectivity index (χ4n) is 1.57. The quantitative estimate of drug-likeness (QED) is 0.819. The Hall–Kier alpha value is -1.50. The third-order valence-electron chi connectivity index (χ3n) is 2.56. The van der Waals surface area contributed by atoms with E-state index in [1.54, 1.807) is 6.92 Å². The summed E-state index contributed by atoms with van der Waals surface area (Å²) in [6.45, 7) is 1.86. The Kier molecular flexibility index (Phi) is 3.34. The van der Waals surface area contributed by atoms with Gasteiger partial charge in [0.1, 0.15) is 10.7 Å². The van der Waals surface area contributed by atoms with E-state index in [1.165, 1.54) is 0 Å². The monoisotopic (exact) mass is 272 g/mol. The number of halogens is 1. The second kappa shape index (κ2) is 4.64. The number of nitrogens with two attached hydrogens (primary N) is 1. The summed E-state index contributed by atoms with van der Waals surface area (Å²) in [4.78, 5) is 26.7. The van der Waals surface area contributed by atoms with Crippen molar-refractivity contribution in [3.63, 3.8) is 0 Å². The number of thiazole rings is 1. The Bertz CT molecular complexity index is 496. The molecule has 1 saturated carbocycles. The van der Waals surface area contributed by atoms with Crippen molar-refractivity contribution in [2.24, 2.45) is 5.73 Å². The van der Waals surface area contributed by atoms with Crippen molar-refractivity contribution in [2.75, 3.05) is 6.61 Å². The average molecular weight is 272 g/mol. The molecule has 5 nitrogen and oxygen atoms in total. The molecule has 0 saturated heterocycles. The third kappa shape index (κ3) is 2.50. The molecule has 0 atom stereocenters. The largest absolute Gasteiger partial charge is 0.461 e. The summed E-state index contributed by atoms with van der Waals surface area (Å²) in [5.74, 6) is -1.21. The molecule has 1 aliphatic carbocycles. The Morgan fingerprint density at radius 1 is 1.56 bits per heavy atom. The van der Waals surface area contributed by atoms with Gasteiger partial charge in [0.2, 0.25) is 5.91 Å². The lowest BCUT2D eigenvalue weighted by Crippen LogP contribution is -2.14. The van der Waals surface area contributed by atoms with Gasteiger partial charge >= 0.3 is 5.97 Å². The number of aromatic nitrogens is 1. The van der Waals surface area contributed by atoms with E-state index in [4.69, 9.17) is 10.5 Å². The normalized spacial score (nSPS) is 16.3. The molecule has 0 unspecified atom stereocenters. The minimum atomic E-state index is -1.48. The third-order valence-corrected chi connectivity index (χ3v) is 3.80. The average Bonchev–Trinajstić information content (AvgIpc) is 2.88. The molecule has 0 spiro atoms. The number of primary amides is 1. The Morgan fingerprint density at radius 3 is 2.72 bits per heavy atom. The van der Waals surface area contributed by atoms with Crippen LogP contribution in [0, 0.1) is 0 Å². The predicted octanol–water partition coefficient (Wildman–Crippen LogP) is 1.31. The molecule has 0 aliphatic heterocycles. The summed E-state index contributed by atoms with van der Waals surface area (Å²) in [6.07, 6.45) is 0.655. The molecule has 1 amide bonds. The number of amides is 1. The van der Waals surface area contributed by atoms with Crippen LogP contribution in [-0.4, -0.2) is 23.5 Å². The Morgan fingerprint density at radius 2 is 2.22 bits per heavy atom. The zero-order chi connectivity index (χ0) is 13.3. The van der Waals surface area contributed by atoms with Gasteiger partial charge < -0.3 is 10.5 Å². The van der Waals surface area contributed by atoms with Gasteiger partial charge in [-0.2, -0.15) is 0 Å². The molecule has 18 heavy (non-hydrogen) atoms. The first-order chi connectivity index (χ1) is 8.46. The van der Waals surface area contributed by atoms with E-state index in [-0.39, 0.29) is 23.6 Å². The number of rotatable bonds is 5. The maximum atomic E-state index is 14.1. The van der Waals surface area contributed by atoms with Gasteiger partial charge in [-0.15, -0.1) is 11.3 Å². The minimum Gasteiger partial charge on any atom is -0.461 e. The molecule has 98 valence electrons. The SMILES string of the molecule is CCOC(=O)c1nc(CC(N)=O)sc1C1(F)CC1. The number of carbonyl (C=O) groups is 2. The smallest absolute Gasteiger partial charge is 0.358 e. The molecule has 7 heteroatoms. The van der Waals surface area contributed by atoms with Gasteiger partial charge in [-0.1, -0.05) is 0 Å². The highest BCUT2D eigenvalue weighted by atomic mass is 32.1. The van der Waals surface area contributed by atoms with E-state index in [9.17, 15) is 14.0 Å². The molecule has 0 radical (unpaired) electrons. The predicted molar refractivity (Wildman–Crippen MR) is 63.0 cm³/mol. The van der Waals surface area contributed by atoms with Crippen molar-refractivity contribution in [1.29, 1.82) is 0 Å². The topological polar surface area (TPSA) is 82.3 Å². The molecule has 2 rings (SSSR count). The van der Waals surface area contributed by atoms with Crippen LogP contribution in [0.3, 0.4) is 0 Å². The van der Waals surface area contributed by atoms with Gasteiger partial charge in [0.15, 0.2) is 5.69 Å². The van der Waals surface area contributed by atoms with Crippen molar-refractivity contribution in [3.8, 4) is 0 Å². The minimum absolute atomic E-state index is 0.0156. The number of alkyl halides is 1. The van der Waals surface area contributed by atoms with Gasteiger partial charge in [-0.05, 0) is 19.8 Å². The number of hydrogen-bond acceptors (Lipinski definition) is 5. The van der Waals surface area contributed by atoms with Crippen molar-refractivity contribution >= 4 is 23.2 Å². The molecular formula is C11H13FN2O3S. The van der Waals surface area contributed by atoms with Gasteiger partial charge in [-0.25, -0.2) is 14.2 Å². The highest BCUT2D eigenvalue weighted by Crippen LogP contribution is 2.52. The standard InChI is InChI=1S/C11H13FN2O3S/c1-2-17-10(16)8-9(11(12)3-4-11)18-7(14-8)5-6(13)15/h2-5H2,1H3,(H2,13,15). The van der Waals surface area contributed by atoms with Crippen LogP contribution >= 0.6 is 11.3 Å². The van der Waals surface area contributed by atoms with Crippen molar-refractivity contribution in [2.45, 2.75) is 31.9 Å². The van der Waals surface area contributed by atoms with Gasteiger partial charge in [0, 0.05) is 0 Å². The van der Waals surface area contributed by atoms with E-state index in [1.807, 2.05) is 0 Å². The first-order valence-corrected chi connectivity index (χ1v) is 6.42. The molecule has 0 aromatic carbocycles.